The van der Waals surface area contributed by atoms with Gasteiger partial charge in [-0.15, -0.1) is 0 Å². The van der Waals surface area contributed by atoms with Crippen LogP contribution in [0.2, 0.25) is 0 Å². The molecule has 0 spiro atoms. The highest BCUT2D eigenvalue weighted by Gasteiger charge is 2.08. The molecule has 0 unspecified atom stereocenters. The molecule has 2 aromatic carbocycles. The summed E-state index contributed by atoms with van der Waals surface area (Å²) in [6.07, 6.45) is 1.34. The monoisotopic (exact) mass is 338 g/mol. The number of hydrogen-bond acceptors (Lipinski definition) is 5. The van der Waals surface area contributed by atoms with Gasteiger partial charge in [-0.25, -0.2) is 14.4 Å². The van der Waals surface area contributed by atoms with Gasteiger partial charge in [0.25, 0.3) is 5.91 Å². The summed E-state index contributed by atoms with van der Waals surface area (Å²) in [5.74, 6) is 0.828. The molecule has 0 saturated heterocycles. The molecule has 7 heteroatoms. The summed E-state index contributed by atoms with van der Waals surface area (Å²) >= 11 is 0. The summed E-state index contributed by atoms with van der Waals surface area (Å²) in [4.78, 5) is 20.3. The van der Waals surface area contributed by atoms with Crippen LogP contribution in [0.25, 0.3) is 0 Å². The molecule has 126 valence electrons. The highest BCUT2D eigenvalue weighted by Crippen LogP contribution is 2.19. The maximum atomic E-state index is 12.9. The number of ether oxygens (including phenoxy) is 1. The van der Waals surface area contributed by atoms with E-state index >= 15 is 0 Å². The van der Waals surface area contributed by atoms with Crippen molar-refractivity contribution in [2.45, 2.75) is 0 Å². The molecule has 0 atom stereocenters. The van der Waals surface area contributed by atoms with Gasteiger partial charge in [-0.3, -0.25) is 4.79 Å². The molecule has 0 saturated carbocycles. The number of nitrogens with one attached hydrogen (secondary N) is 2. The normalized spacial score (nSPS) is 10.2. The van der Waals surface area contributed by atoms with Crippen molar-refractivity contribution in [3.8, 4) is 5.75 Å². The van der Waals surface area contributed by atoms with Crippen molar-refractivity contribution in [2.75, 3.05) is 17.7 Å². The van der Waals surface area contributed by atoms with Gasteiger partial charge in [0.05, 0.1) is 7.11 Å². The van der Waals surface area contributed by atoms with Crippen LogP contribution in [0.5, 0.6) is 5.75 Å². The summed E-state index contributed by atoms with van der Waals surface area (Å²) in [6, 6.07) is 14.2. The van der Waals surface area contributed by atoms with E-state index in [0.29, 0.717) is 17.2 Å². The van der Waals surface area contributed by atoms with Crippen LogP contribution in [0.1, 0.15) is 10.4 Å². The smallest absolute Gasteiger partial charge is 0.256 e. The maximum Gasteiger partial charge on any atom is 0.256 e. The fourth-order valence-corrected chi connectivity index (χ4v) is 2.11. The van der Waals surface area contributed by atoms with E-state index in [1.54, 1.807) is 13.2 Å². The molecule has 6 nitrogen and oxygen atoms in total. The number of hydrogen-bond donors (Lipinski definition) is 2. The van der Waals surface area contributed by atoms with Crippen LogP contribution in [-0.2, 0) is 0 Å². The van der Waals surface area contributed by atoms with Crippen molar-refractivity contribution >= 4 is 23.2 Å². The minimum absolute atomic E-state index is 0.334. The topological polar surface area (TPSA) is 76.1 Å². The number of methoxy groups -OCH3 is 1. The van der Waals surface area contributed by atoms with Crippen molar-refractivity contribution in [3.63, 3.8) is 0 Å². The third kappa shape index (κ3) is 4.29. The first-order chi connectivity index (χ1) is 12.1. The van der Waals surface area contributed by atoms with E-state index in [0.717, 1.165) is 11.4 Å². The largest absolute Gasteiger partial charge is 0.497 e. The third-order valence-corrected chi connectivity index (χ3v) is 3.38. The summed E-state index contributed by atoms with van der Waals surface area (Å²) in [5.41, 5.74) is 1.15. The van der Waals surface area contributed by atoms with Crippen molar-refractivity contribution in [1.82, 2.24) is 9.97 Å². The molecule has 1 heterocycles. The van der Waals surface area contributed by atoms with Crippen molar-refractivity contribution < 1.29 is 13.9 Å². The Labute approximate surface area is 143 Å². The number of rotatable bonds is 5. The van der Waals surface area contributed by atoms with Gasteiger partial charge in [0, 0.05) is 17.3 Å². The molecule has 1 amide bonds. The number of carbonyl (C=O) groups is 1. The quantitative estimate of drug-likeness (QED) is 0.743. The Kier molecular flexibility index (Phi) is 4.84. The van der Waals surface area contributed by atoms with E-state index < -0.39 is 5.82 Å². The average Bonchev–Trinajstić information content (AvgIpc) is 2.63. The summed E-state index contributed by atoms with van der Waals surface area (Å²) in [5, 5.41) is 5.76. The van der Waals surface area contributed by atoms with Gasteiger partial charge >= 0.3 is 0 Å². The van der Waals surface area contributed by atoms with E-state index in [4.69, 9.17) is 4.74 Å². The molecule has 0 aliphatic heterocycles. The van der Waals surface area contributed by atoms with E-state index in [9.17, 15) is 9.18 Å². The Balaban J connectivity index is 1.70. The van der Waals surface area contributed by atoms with E-state index in [2.05, 4.69) is 20.6 Å². The molecule has 0 aliphatic carbocycles. The Hall–Kier alpha value is -3.48. The zero-order valence-corrected chi connectivity index (χ0v) is 13.4. The number of halogens is 1. The number of carbonyl (C=O) groups excluding carboxylic acids is 1. The number of aromatic nitrogens is 2. The van der Waals surface area contributed by atoms with Gasteiger partial charge in [-0.1, -0.05) is 0 Å². The number of anilines is 3. The van der Waals surface area contributed by atoms with E-state index in [1.165, 1.54) is 30.6 Å². The second kappa shape index (κ2) is 7.39. The third-order valence-electron chi connectivity index (χ3n) is 3.38. The zero-order chi connectivity index (χ0) is 17.6. The highest BCUT2D eigenvalue weighted by atomic mass is 19.1. The molecule has 3 rings (SSSR count). The second-order valence-corrected chi connectivity index (χ2v) is 5.10. The molecule has 0 fully saturated rings. The van der Waals surface area contributed by atoms with Crippen LogP contribution < -0.4 is 15.4 Å². The molecule has 2 N–H and O–H groups in total. The van der Waals surface area contributed by atoms with Gasteiger partial charge in [-0.2, -0.15) is 0 Å². The first-order valence-corrected chi connectivity index (χ1v) is 7.44. The zero-order valence-electron chi connectivity index (χ0n) is 13.4. The molecule has 3 aromatic rings. The van der Waals surface area contributed by atoms with Crippen LogP contribution in [0.4, 0.5) is 21.7 Å². The van der Waals surface area contributed by atoms with E-state index in [1.807, 2.05) is 24.3 Å². The molecule has 1 aromatic heterocycles. The summed E-state index contributed by atoms with van der Waals surface area (Å²) in [6.45, 7) is 0. The molecule has 0 aliphatic rings. The van der Waals surface area contributed by atoms with Crippen LogP contribution in [0.15, 0.2) is 60.9 Å². The number of nitrogens with zero attached hydrogens (tertiary/aromatic N) is 2. The number of amides is 1. The lowest BCUT2D eigenvalue weighted by Gasteiger charge is -2.08. The average molecular weight is 338 g/mol. The molecule has 0 bridgehead atoms. The molecule has 0 radical (unpaired) electrons. The lowest BCUT2D eigenvalue weighted by Crippen LogP contribution is -2.13. The minimum Gasteiger partial charge on any atom is -0.497 e. The van der Waals surface area contributed by atoms with Crippen LogP contribution in [0.3, 0.4) is 0 Å². The Morgan fingerprint density at radius 2 is 1.68 bits per heavy atom. The van der Waals surface area contributed by atoms with Crippen LogP contribution in [-0.4, -0.2) is 23.0 Å². The Morgan fingerprint density at radius 3 is 2.36 bits per heavy atom. The van der Waals surface area contributed by atoms with Crippen LogP contribution >= 0.6 is 0 Å². The predicted octanol–water partition coefficient (Wildman–Crippen LogP) is 3.62. The van der Waals surface area contributed by atoms with Crippen molar-refractivity contribution in [2.24, 2.45) is 0 Å². The highest BCUT2D eigenvalue weighted by molar-refractivity contribution is 6.03. The molecule has 25 heavy (non-hydrogen) atoms. The first-order valence-electron chi connectivity index (χ1n) is 7.44. The van der Waals surface area contributed by atoms with Gasteiger partial charge in [-0.05, 0) is 48.5 Å². The molecular weight excluding hydrogens is 323 g/mol. The lowest BCUT2D eigenvalue weighted by molar-refractivity contribution is 0.102. The minimum atomic E-state index is -0.399. The van der Waals surface area contributed by atoms with Crippen molar-refractivity contribution in [1.29, 1.82) is 0 Å². The van der Waals surface area contributed by atoms with Crippen molar-refractivity contribution in [3.05, 3.63) is 72.3 Å². The van der Waals surface area contributed by atoms with Gasteiger partial charge in [0.15, 0.2) is 0 Å². The fourth-order valence-electron chi connectivity index (χ4n) is 2.11. The standard InChI is InChI=1S/C18H15FN4O2/c1-25-15-8-6-14(7-9-15)22-16-10-17(21-11-20-16)23-18(24)12-2-4-13(19)5-3-12/h2-11H,1H3,(H2,20,21,22,23,24). The predicted molar refractivity (Wildman–Crippen MR) is 92.7 cm³/mol. The molecular formula is C18H15FN4O2. The Morgan fingerprint density at radius 1 is 1.00 bits per heavy atom. The first kappa shape index (κ1) is 16.4. The van der Waals surface area contributed by atoms with E-state index in [-0.39, 0.29) is 5.91 Å². The maximum absolute atomic E-state index is 12.9. The van der Waals surface area contributed by atoms with Gasteiger partial charge in [0.1, 0.15) is 29.5 Å². The fraction of sp³-hybridized carbons (Fsp3) is 0.0556. The lowest BCUT2D eigenvalue weighted by atomic mass is 10.2. The van der Waals surface area contributed by atoms with Crippen LogP contribution in [0, 0.1) is 5.82 Å². The number of benzene rings is 2. The SMILES string of the molecule is COc1ccc(Nc2cc(NC(=O)c3ccc(F)cc3)ncn2)cc1. The van der Waals surface area contributed by atoms with Gasteiger partial charge < -0.3 is 15.4 Å². The summed E-state index contributed by atoms with van der Waals surface area (Å²) in [7, 11) is 1.60. The Bertz CT molecular complexity index is 867. The summed E-state index contributed by atoms with van der Waals surface area (Å²) < 4.78 is 18.0. The van der Waals surface area contributed by atoms with Gasteiger partial charge in [0.2, 0.25) is 0 Å². The second-order valence-electron chi connectivity index (χ2n) is 5.10.